The molecule has 1 aromatic rings. The van der Waals surface area contributed by atoms with E-state index in [0.29, 0.717) is 5.56 Å². The third-order valence-electron chi connectivity index (χ3n) is 1.42. The molecule has 0 radical (unpaired) electrons. The average Bonchev–Trinajstić information content (AvgIpc) is 1.96. The van der Waals surface area contributed by atoms with E-state index < -0.39 is 23.4 Å². The van der Waals surface area contributed by atoms with Crippen molar-refractivity contribution in [1.29, 1.82) is 0 Å². The van der Waals surface area contributed by atoms with E-state index in [4.69, 9.17) is 5.11 Å². The van der Waals surface area contributed by atoms with Gasteiger partial charge in [-0.2, -0.15) is 0 Å². The van der Waals surface area contributed by atoms with Crippen LogP contribution in [-0.2, 0) is 0 Å². The molecule has 0 aliphatic heterocycles. The van der Waals surface area contributed by atoms with Gasteiger partial charge in [0.2, 0.25) is 0 Å². The van der Waals surface area contributed by atoms with Gasteiger partial charge in [-0.1, -0.05) is 0 Å². The van der Waals surface area contributed by atoms with Crippen LogP contribution < -0.4 is 5.32 Å². The summed E-state index contributed by atoms with van der Waals surface area (Å²) in [5, 5.41) is 9.88. The fourth-order valence-electron chi connectivity index (χ4n) is 0.926. The van der Waals surface area contributed by atoms with E-state index in [9.17, 15) is 13.6 Å². The highest BCUT2D eigenvalue weighted by atomic mass is 19.1. The standard InChI is InChI=1S/C8H7F2NO2/c1-4-2-5(9)7(6(10)3-4)11-8(12)13/h2-3,11H,1H3,(H,12,13). The first kappa shape index (κ1) is 9.44. The molecule has 5 heteroatoms. The van der Waals surface area contributed by atoms with Crippen LogP contribution in [-0.4, -0.2) is 11.2 Å². The van der Waals surface area contributed by atoms with Crippen molar-refractivity contribution in [3.05, 3.63) is 29.3 Å². The molecule has 0 spiro atoms. The van der Waals surface area contributed by atoms with E-state index in [-0.39, 0.29) is 0 Å². The molecule has 1 rings (SSSR count). The van der Waals surface area contributed by atoms with E-state index in [0.717, 1.165) is 12.1 Å². The molecular weight excluding hydrogens is 180 g/mol. The quantitative estimate of drug-likeness (QED) is 0.708. The SMILES string of the molecule is Cc1cc(F)c(NC(=O)O)c(F)c1. The maximum absolute atomic E-state index is 12.9. The van der Waals surface area contributed by atoms with Gasteiger partial charge in [0, 0.05) is 0 Å². The molecule has 0 unspecified atom stereocenters. The second-order valence-electron chi connectivity index (χ2n) is 2.53. The monoisotopic (exact) mass is 187 g/mol. The molecule has 0 bridgehead atoms. The van der Waals surface area contributed by atoms with Crippen molar-refractivity contribution < 1.29 is 18.7 Å². The van der Waals surface area contributed by atoms with Gasteiger partial charge in [-0.05, 0) is 24.6 Å². The lowest BCUT2D eigenvalue weighted by atomic mass is 10.2. The van der Waals surface area contributed by atoms with Crippen molar-refractivity contribution in [2.75, 3.05) is 5.32 Å². The van der Waals surface area contributed by atoms with Crippen LogP contribution in [0.5, 0.6) is 0 Å². The van der Waals surface area contributed by atoms with E-state index in [1.807, 2.05) is 0 Å². The molecule has 0 aliphatic rings. The molecule has 0 aliphatic carbocycles. The predicted molar refractivity (Wildman–Crippen MR) is 42.7 cm³/mol. The Hall–Kier alpha value is -1.65. The predicted octanol–water partition coefficient (Wildman–Crippen LogP) is 2.36. The van der Waals surface area contributed by atoms with Crippen LogP contribution >= 0.6 is 0 Å². The van der Waals surface area contributed by atoms with Crippen LogP contribution in [0.2, 0.25) is 0 Å². The van der Waals surface area contributed by atoms with Gasteiger partial charge in [-0.15, -0.1) is 0 Å². The molecule has 1 amide bonds. The Kier molecular flexibility index (Phi) is 2.46. The van der Waals surface area contributed by atoms with Crippen LogP contribution in [0.1, 0.15) is 5.56 Å². The van der Waals surface area contributed by atoms with Gasteiger partial charge in [0.15, 0.2) is 0 Å². The number of hydrogen-bond acceptors (Lipinski definition) is 1. The smallest absolute Gasteiger partial charge is 0.409 e. The van der Waals surface area contributed by atoms with Gasteiger partial charge in [0.05, 0.1) is 0 Å². The normalized spacial score (nSPS) is 9.77. The van der Waals surface area contributed by atoms with Crippen molar-refractivity contribution in [2.24, 2.45) is 0 Å². The van der Waals surface area contributed by atoms with Crippen molar-refractivity contribution in [3.8, 4) is 0 Å². The fourth-order valence-corrected chi connectivity index (χ4v) is 0.926. The molecule has 0 saturated heterocycles. The lowest BCUT2D eigenvalue weighted by molar-refractivity contribution is 0.209. The van der Waals surface area contributed by atoms with Gasteiger partial charge >= 0.3 is 6.09 Å². The Balaban J connectivity index is 3.13. The van der Waals surface area contributed by atoms with E-state index in [1.54, 1.807) is 5.32 Å². The summed E-state index contributed by atoms with van der Waals surface area (Å²) in [6, 6.07) is 2.10. The second kappa shape index (κ2) is 3.38. The first-order chi connectivity index (χ1) is 6.00. The molecule has 1 aromatic carbocycles. The minimum atomic E-state index is -1.50. The Morgan fingerprint density at radius 3 is 2.23 bits per heavy atom. The van der Waals surface area contributed by atoms with Gasteiger partial charge in [0.1, 0.15) is 17.3 Å². The number of carboxylic acid groups (broad SMARTS) is 1. The highest BCUT2D eigenvalue weighted by Gasteiger charge is 2.11. The van der Waals surface area contributed by atoms with Gasteiger partial charge in [-0.25, -0.2) is 13.6 Å². The zero-order valence-corrected chi connectivity index (χ0v) is 6.77. The van der Waals surface area contributed by atoms with E-state index >= 15 is 0 Å². The van der Waals surface area contributed by atoms with Crippen LogP contribution in [0.4, 0.5) is 19.3 Å². The summed E-state index contributed by atoms with van der Waals surface area (Å²) >= 11 is 0. The largest absolute Gasteiger partial charge is 0.465 e. The molecule has 2 N–H and O–H groups in total. The number of amides is 1. The number of anilines is 1. The summed E-state index contributed by atoms with van der Waals surface area (Å²) in [6.07, 6.45) is -1.50. The number of nitrogens with one attached hydrogen (secondary N) is 1. The van der Waals surface area contributed by atoms with E-state index in [1.165, 1.54) is 6.92 Å². The Morgan fingerprint density at radius 1 is 1.38 bits per heavy atom. The summed E-state index contributed by atoms with van der Waals surface area (Å²) in [6.45, 7) is 1.51. The minimum Gasteiger partial charge on any atom is -0.465 e. The van der Waals surface area contributed by atoms with Gasteiger partial charge in [0.25, 0.3) is 0 Å². The first-order valence-corrected chi connectivity index (χ1v) is 3.46. The zero-order valence-electron chi connectivity index (χ0n) is 6.77. The first-order valence-electron chi connectivity index (χ1n) is 3.46. The maximum atomic E-state index is 12.9. The number of halogens is 2. The molecule has 70 valence electrons. The summed E-state index contributed by atoms with van der Waals surface area (Å²) in [5.74, 6) is -1.83. The Labute approximate surface area is 73.0 Å². The number of aryl methyl sites for hydroxylation is 1. The molecule has 0 atom stereocenters. The Morgan fingerprint density at radius 2 is 1.85 bits per heavy atom. The van der Waals surface area contributed by atoms with Crippen molar-refractivity contribution in [1.82, 2.24) is 0 Å². The lowest BCUT2D eigenvalue weighted by Crippen LogP contribution is -2.10. The van der Waals surface area contributed by atoms with Crippen LogP contribution in [0.25, 0.3) is 0 Å². The minimum absolute atomic E-state index is 0.394. The van der Waals surface area contributed by atoms with Gasteiger partial charge < -0.3 is 5.11 Å². The molecule has 0 heterocycles. The van der Waals surface area contributed by atoms with Crippen molar-refractivity contribution >= 4 is 11.8 Å². The van der Waals surface area contributed by atoms with Crippen LogP contribution in [0, 0.1) is 18.6 Å². The highest BCUT2D eigenvalue weighted by molar-refractivity contribution is 5.83. The number of carbonyl (C=O) groups is 1. The number of benzene rings is 1. The molecule has 0 saturated carbocycles. The highest BCUT2D eigenvalue weighted by Crippen LogP contribution is 2.19. The molecule has 13 heavy (non-hydrogen) atoms. The zero-order chi connectivity index (χ0) is 10.0. The summed E-state index contributed by atoms with van der Waals surface area (Å²) in [4.78, 5) is 10.1. The molecule has 3 nitrogen and oxygen atoms in total. The van der Waals surface area contributed by atoms with Gasteiger partial charge in [-0.3, -0.25) is 5.32 Å². The molecule has 0 aromatic heterocycles. The second-order valence-corrected chi connectivity index (χ2v) is 2.53. The lowest BCUT2D eigenvalue weighted by Gasteiger charge is -2.04. The molecular formula is C8H7F2NO2. The summed E-state index contributed by atoms with van der Waals surface area (Å²) < 4.78 is 25.8. The topological polar surface area (TPSA) is 49.3 Å². The Bertz CT molecular complexity index is 329. The maximum Gasteiger partial charge on any atom is 0.409 e. The number of rotatable bonds is 1. The third kappa shape index (κ3) is 2.14. The van der Waals surface area contributed by atoms with Crippen molar-refractivity contribution in [2.45, 2.75) is 6.92 Å². The third-order valence-corrected chi connectivity index (χ3v) is 1.42. The fraction of sp³-hybridized carbons (Fsp3) is 0.125. The average molecular weight is 187 g/mol. The van der Waals surface area contributed by atoms with Crippen molar-refractivity contribution in [3.63, 3.8) is 0 Å². The number of hydrogen-bond donors (Lipinski definition) is 2. The summed E-state index contributed by atoms with van der Waals surface area (Å²) in [7, 11) is 0. The van der Waals surface area contributed by atoms with E-state index in [2.05, 4.69) is 0 Å². The van der Waals surface area contributed by atoms with Crippen LogP contribution in [0.3, 0.4) is 0 Å². The summed E-state index contributed by atoms with van der Waals surface area (Å²) in [5.41, 5.74) is -0.246. The molecule has 0 fully saturated rings. The van der Waals surface area contributed by atoms with Crippen LogP contribution in [0.15, 0.2) is 12.1 Å².